The highest BCUT2D eigenvalue weighted by molar-refractivity contribution is 6.04. The van der Waals surface area contributed by atoms with Crippen molar-refractivity contribution < 1.29 is 9.59 Å². The second-order valence-electron chi connectivity index (χ2n) is 4.40. The molecule has 1 saturated heterocycles. The van der Waals surface area contributed by atoms with Crippen molar-refractivity contribution in [2.75, 3.05) is 31.6 Å². The highest BCUT2D eigenvalue weighted by Crippen LogP contribution is 2.22. The first-order valence-corrected chi connectivity index (χ1v) is 5.95. The Morgan fingerprint density at radius 2 is 1.89 bits per heavy atom. The Bertz CT molecular complexity index is 473. The number of hydrogen-bond acceptors (Lipinski definition) is 3. The van der Waals surface area contributed by atoms with E-state index in [1.54, 1.807) is 11.9 Å². The van der Waals surface area contributed by atoms with Gasteiger partial charge in [-0.2, -0.15) is 0 Å². The highest BCUT2D eigenvalue weighted by atomic mass is 16.2. The van der Waals surface area contributed by atoms with Crippen molar-refractivity contribution >= 4 is 17.5 Å². The molecule has 1 aliphatic heterocycles. The molecule has 0 bridgehead atoms. The molecule has 1 fully saturated rings. The summed E-state index contributed by atoms with van der Waals surface area (Å²) in [6, 6.07) is 7.59. The van der Waals surface area contributed by atoms with Gasteiger partial charge in [-0.25, -0.2) is 0 Å². The third kappa shape index (κ3) is 2.36. The molecule has 2 rings (SSSR count). The van der Waals surface area contributed by atoms with Crippen molar-refractivity contribution in [3.63, 3.8) is 0 Å². The smallest absolute Gasteiger partial charge is 0.247 e. The van der Waals surface area contributed by atoms with Gasteiger partial charge >= 0.3 is 0 Å². The van der Waals surface area contributed by atoms with Crippen LogP contribution in [0, 0.1) is 0 Å². The summed E-state index contributed by atoms with van der Waals surface area (Å²) >= 11 is 0. The van der Waals surface area contributed by atoms with Gasteiger partial charge in [0.25, 0.3) is 0 Å². The molecule has 0 radical (unpaired) electrons. The lowest BCUT2D eigenvalue weighted by molar-refractivity contribution is -0.136. The number of amides is 2. The van der Waals surface area contributed by atoms with Crippen molar-refractivity contribution in [3.8, 4) is 0 Å². The average molecular weight is 247 g/mol. The van der Waals surface area contributed by atoms with Crippen LogP contribution in [0.25, 0.3) is 0 Å². The number of nitrogens with zero attached hydrogens (tertiary/aromatic N) is 2. The molecule has 0 saturated carbocycles. The molecule has 0 aromatic heterocycles. The zero-order valence-electron chi connectivity index (χ0n) is 10.4. The number of para-hydroxylation sites is 1. The van der Waals surface area contributed by atoms with Gasteiger partial charge in [-0.1, -0.05) is 18.2 Å². The molecule has 0 unspecified atom stereocenters. The number of hydrogen-bond donors (Lipinski definition) is 1. The molecule has 0 atom stereocenters. The average Bonchev–Trinajstić information content (AvgIpc) is 2.35. The van der Waals surface area contributed by atoms with Crippen molar-refractivity contribution in [1.29, 1.82) is 0 Å². The second kappa shape index (κ2) is 5.18. The minimum absolute atomic E-state index is 0.0443. The van der Waals surface area contributed by atoms with Crippen LogP contribution in [-0.4, -0.2) is 43.4 Å². The van der Waals surface area contributed by atoms with Crippen molar-refractivity contribution in [3.05, 3.63) is 29.8 Å². The summed E-state index contributed by atoms with van der Waals surface area (Å²) in [7, 11) is 1.64. The highest BCUT2D eigenvalue weighted by Gasteiger charge is 2.29. The Hall–Kier alpha value is -1.88. The zero-order valence-corrected chi connectivity index (χ0v) is 10.4. The lowest BCUT2D eigenvalue weighted by Gasteiger charge is -2.32. The van der Waals surface area contributed by atoms with Crippen molar-refractivity contribution in [1.82, 2.24) is 4.90 Å². The lowest BCUT2D eigenvalue weighted by atomic mass is 10.1. The zero-order chi connectivity index (χ0) is 13.1. The molecule has 5 heteroatoms. The van der Waals surface area contributed by atoms with Crippen LogP contribution < -0.4 is 10.6 Å². The van der Waals surface area contributed by atoms with Gasteiger partial charge in [0, 0.05) is 12.7 Å². The molecule has 96 valence electrons. The molecule has 2 N–H and O–H groups in total. The van der Waals surface area contributed by atoms with E-state index in [9.17, 15) is 9.59 Å². The van der Waals surface area contributed by atoms with E-state index in [4.69, 9.17) is 5.73 Å². The first kappa shape index (κ1) is 12.6. The van der Waals surface area contributed by atoms with Crippen LogP contribution in [0.1, 0.15) is 5.56 Å². The van der Waals surface area contributed by atoms with Crippen LogP contribution in [0.5, 0.6) is 0 Å². The van der Waals surface area contributed by atoms with Gasteiger partial charge < -0.3 is 15.5 Å². The first-order valence-electron chi connectivity index (χ1n) is 5.95. The number of benzene rings is 1. The van der Waals surface area contributed by atoms with E-state index in [1.807, 2.05) is 24.3 Å². The summed E-state index contributed by atoms with van der Waals surface area (Å²) in [5.74, 6) is -0.0984. The largest absolute Gasteiger partial charge is 0.335 e. The maximum atomic E-state index is 12.0. The molecule has 1 aromatic rings. The molecule has 0 spiro atoms. The molecule has 2 amide bonds. The van der Waals surface area contributed by atoms with Crippen LogP contribution in [0.2, 0.25) is 0 Å². The van der Waals surface area contributed by atoms with E-state index in [1.165, 1.54) is 4.90 Å². The Labute approximate surface area is 106 Å². The van der Waals surface area contributed by atoms with Crippen LogP contribution >= 0.6 is 0 Å². The molecule has 1 heterocycles. The van der Waals surface area contributed by atoms with E-state index >= 15 is 0 Å². The van der Waals surface area contributed by atoms with E-state index < -0.39 is 0 Å². The minimum atomic E-state index is -0.0541. The second-order valence-corrected chi connectivity index (χ2v) is 4.40. The topological polar surface area (TPSA) is 66.6 Å². The van der Waals surface area contributed by atoms with Gasteiger partial charge in [-0.3, -0.25) is 9.59 Å². The monoisotopic (exact) mass is 247 g/mol. The Morgan fingerprint density at radius 3 is 2.61 bits per heavy atom. The Balaban J connectivity index is 2.30. The molecular formula is C13H17N3O2. The Kier molecular flexibility index (Phi) is 3.62. The van der Waals surface area contributed by atoms with Crippen LogP contribution in [-0.2, 0) is 16.0 Å². The summed E-state index contributed by atoms with van der Waals surface area (Å²) < 4.78 is 0. The van der Waals surface area contributed by atoms with Gasteiger partial charge in [0.2, 0.25) is 11.8 Å². The van der Waals surface area contributed by atoms with E-state index in [-0.39, 0.29) is 24.9 Å². The molecule has 1 aromatic carbocycles. The summed E-state index contributed by atoms with van der Waals surface area (Å²) in [6.07, 6.45) is 0.698. The molecule has 18 heavy (non-hydrogen) atoms. The van der Waals surface area contributed by atoms with E-state index in [2.05, 4.69) is 0 Å². The van der Waals surface area contributed by atoms with Crippen LogP contribution in [0.4, 0.5) is 5.69 Å². The fourth-order valence-electron chi connectivity index (χ4n) is 2.08. The molecule has 1 aliphatic rings. The molecule has 5 nitrogen and oxygen atoms in total. The third-order valence-corrected chi connectivity index (χ3v) is 3.09. The summed E-state index contributed by atoms with van der Waals surface area (Å²) in [5.41, 5.74) is 7.37. The van der Waals surface area contributed by atoms with Crippen LogP contribution in [0.3, 0.4) is 0 Å². The predicted molar refractivity (Wildman–Crippen MR) is 69.2 cm³/mol. The summed E-state index contributed by atoms with van der Waals surface area (Å²) in [4.78, 5) is 26.7. The maximum absolute atomic E-state index is 12.0. The van der Waals surface area contributed by atoms with E-state index in [0.717, 1.165) is 11.3 Å². The first-order chi connectivity index (χ1) is 8.63. The summed E-state index contributed by atoms with van der Waals surface area (Å²) in [6.45, 7) is 0.763. The van der Waals surface area contributed by atoms with Gasteiger partial charge in [-0.15, -0.1) is 0 Å². The quantitative estimate of drug-likeness (QED) is 0.817. The fourth-order valence-corrected chi connectivity index (χ4v) is 2.08. The van der Waals surface area contributed by atoms with Crippen molar-refractivity contribution in [2.45, 2.75) is 6.42 Å². The fraction of sp³-hybridized carbons (Fsp3) is 0.385. The number of anilines is 1. The van der Waals surface area contributed by atoms with Crippen LogP contribution in [0.15, 0.2) is 24.3 Å². The number of likely N-dealkylation sites (N-methyl/N-ethyl adjacent to an activating group) is 1. The third-order valence-electron chi connectivity index (χ3n) is 3.09. The number of rotatable bonds is 3. The predicted octanol–water partition coefficient (Wildman–Crippen LogP) is -0.00720. The number of carbonyl (C=O) groups is 2. The minimum Gasteiger partial charge on any atom is -0.335 e. The van der Waals surface area contributed by atoms with Gasteiger partial charge in [-0.05, 0) is 24.6 Å². The Morgan fingerprint density at radius 1 is 1.17 bits per heavy atom. The number of carbonyl (C=O) groups excluding carboxylic acids is 2. The van der Waals surface area contributed by atoms with Crippen molar-refractivity contribution in [2.24, 2.45) is 5.73 Å². The molecular weight excluding hydrogens is 230 g/mol. The SMILES string of the molecule is CN1CC(=O)N(c2ccccc2CCN)CC1=O. The lowest BCUT2D eigenvalue weighted by Crippen LogP contribution is -2.52. The normalized spacial score (nSPS) is 16.3. The number of nitrogens with two attached hydrogens (primary N) is 1. The maximum Gasteiger partial charge on any atom is 0.247 e. The standard InChI is InChI=1S/C13H17N3O2/c1-15-8-13(18)16(9-12(15)17)11-5-3-2-4-10(11)6-7-14/h2-5H,6-9,14H2,1H3. The molecule has 0 aliphatic carbocycles. The number of piperazine rings is 1. The van der Waals surface area contributed by atoms with E-state index in [0.29, 0.717) is 13.0 Å². The van der Waals surface area contributed by atoms with Gasteiger partial charge in [0.05, 0.1) is 6.54 Å². The van der Waals surface area contributed by atoms with Gasteiger partial charge in [0.1, 0.15) is 6.54 Å². The van der Waals surface area contributed by atoms with Gasteiger partial charge in [0.15, 0.2) is 0 Å². The summed E-state index contributed by atoms with van der Waals surface area (Å²) in [5, 5.41) is 0.